The predicted molar refractivity (Wildman–Crippen MR) is 119 cm³/mol. The number of amides is 1. The summed E-state index contributed by atoms with van der Waals surface area (Å²) in [5.74, 6) is -0.572. The molecule has 7 nitrogen and oxygen atoms in total. The zero-order chi connectivity index (χ0) is 21.4. The SMILES string of the molecule is O=C(Nc1nc(-c2ccc3c(c2)CCCC3)cs1)c1ccc(S(=O)(=O)N2CCCC2)o1. The number of nitrogens with zero attached hydrogens (tertiary/aromatic N) is 2. The number of rotatable bonds is 5. The molecule has 1 aliphatic carbocycles. The van der Waals surface area contributed by atoms with Gasteiger partial charge in [0.2, 0.25) is 5.09 Å². The summed E-state index contributed by atoms with van der Waals surface area (Å²) in [4.78, 5) is 17.1. The molecule has 0 unspecified atom stereocenters. The molecule has 0 radical (unpaired) electrons. The van der Waals surface area contributed by atoms with E-state index in [4.69, 9.17) is 4.42 Å². The standard InChI is InChI=1S/C22H23N3O4S2/c26-21(19-9-10-20(29-19)31(27,28)25-11-3-4-12-25)24-22-23-18(14-30-22)17-8-7-15-5-1-2-6-16(15)13-17/h7-10,13-14H,1-6,11-12H2,(H,23,24,26). The van der Waals surface area contributed by atoms with Gasteiger partial charge in [-0.1, -0.05) is 12.1 Å². The average molecular weight is 458 g/mol. The van der Waals surface area contributed by atoms with Gasteiger partial charge in [-0.25, -0.2) is 13.4 Å². The molecule has 1 fully saturated rings. The quantitative estimate of drug-likeness (QED) is 0.616. The Bertz CT molecular complexity index is 1220. The van der Waals surface area contributed by atoms with Crippen LogP contribution in [-0.4, -0.2) is 36.7 Å². The lowest BCUT2D eigenvalue weighted by Crippen LogP contribution is -2.27. The highest BCUT2D eigenvalue weighted by atomic mass is 32.2. The Morgan fingerprint density at radius 2 is 1.81 bits per heavy atom. The van der Waals surface area contributed by atoms with Gasteiger partial charge in [-0.05, 0) is 67.9 Å². The normalized spacial score (nSPS) is 16.9. The Morgan fingerprint density at radius 1 is 1.03 bits per heavy atom. The summed E-state index contributed by atoms with van der Waals surface area (Å²) in [6.07, 6.45) is 6.36. The Hall–Kier alpha value is -2.49. The summed E-state index contributed by atoms with van der Waals surface area (Å²) < 4.78 is 31.9. The third kappa shape index (κ3) is 4.05. The first-order valence-corrected chi connectivity index (χ1v) is 12.8. The summed E-state index contributed by atoms with van der Waals surface area (Å²) in [7, 11) is -3.69. The Labute approximate surface area is 185 Å². The van der Waals surface area contributed by atoms with E-state index in [1.54, 1.807) is 0 Å². The lowest BCUT2D eigenvalue weighted by molar-refractivity contribution is 0.0991. The molecule has 31 heavy (non-hydrogen) atoms. The molecule has 0 spiro atoms. The van der Waals surface area contributed by atoms with Gasteiger partial charge >= 0.3 is 0 Å². The van der Waals surface area contributed by atoms with Crippen molar-refractivity contribution in [1.29, 1.82) is 0 Å². The van der Waals surface area contributed by atoms with Crippen LogP contribution >= 0.6 is 11.3 Å². The van der Waals surface area contributed by atoms with Crippen molar-refractivity contribution >= 4 is 32.4 Å². The molecule has 0 atom stereocenters. The van der Waals surface area contributed by atoms with Crippen molar-refractivity contribution in [3.8, 4) is 11.3 Å². The van der Waals surface area contributed by atoms with E-state index in [2.05, 4.69) is 28.5 Å². The van der Waals surface area contributed by atoms with Gasteiger partial charge in [-0.2, -0.15) is 4.31 Å². The number of carbonyl (C=O) groups excluding carboxylic acids is 1. The first kappa shape index (κ1) is 20.4. The second kappa shape index (κ2) is 8.22. The van der Waals surface area contributed by atoms with Crippen LogP contribution in [0.5, 0.6) is 0 Å². The van der Waals surface area contributed by atoms with Crippen LogP contribution in [0.2, 0.25) is 0 Å². The average Bonchev–Trinajstić information content (AvgIpc) is 3.55. The highest BCUT2D eigenvalue weighted by Gasteiger charge is 2.30. The highest BCUT2D eigenvalue weighted by Crippen LogP contribution is 2.30. The van der Waals surface area contributed by atoms with Gasteiger partial charge in [-0.3, -0.25) is 10.1 Å². The van der Waals surface area contributed by atoms with E-state index in [1.807, 2.05) is 5.38 Å². The van der Waals surface area contributed by atoms with E-state index in [-0.39, 0.29) is 10.9 Å². The second-order valence-corrected chi connectivity index (χ2v) is 10.6. The first-order chi connectivity index (χ1) is 15.0. The van der Waals surface area contributed by atoms with Gasteiger partial charge in [0, 0.05) is 24.0 Å². The fourth-order valence-corrected chi connectivity index (χ4v) is 6.29. The summed E-state index contributed by atoms with van der Waals surface area (Å²) in [5.41, 5.74) is 4.64. The number of aromatic nitrogens is 1. The molecule has 1 aliphatic heterocycles. The van der Waals surface area contributed by atoms with Crippen LogP contribution in [0.4, 0.5) is 5.13 Å². The Morgan fingerprint density at radius 3 is 2.61 bits per heavy atom. The molecular weight excluding hydrogens is 434 g/mol. The number of sulfonamides is 1. The number of carbonyl (C=O) groups is 1. The third-order valence-electron chi connectivity index (χ3n) is 5.83. The molecule has 9 heteroatoms. The van der Waals surface area contributed by atoms with E-state index in [1.165, 1.54) is 51.7 Å². The Balaban J connectivity index is 1.30. The number of hydrogen-bond acceptors (Lipinski definition) is 6. The minimum atomic E-state index is -3.69. The van der Waals surface area contributed by atoms with Gasteiger partial charge in [0.15, 0.2) is 10.9 Å². The molecule has 2 aromatic heterocycles. The molecule has 0 bridgehead atoms. The number of benzene rings is 1. The Kier molecular flexibility index (Phi) is 5.41. The maximum atomic E-state index is 12.6. The van der Waals surface area contributed by atoms with Crippen LogP contribution in [-0.2, 0) is 22.9 Å². The highest BCUT2D eigenvalue weighted by molar-refractivity contribution is 7.89. The van der Waals surface area contributed by atoms with Crippen LogP contribution < -0.4 is 5.32 Å². The molecule has 3 aromatic rings. The van der Waals surface area contributed by atoms with Crippen molar-refractivity contribution in [2.45, 2.75) is 43.6 Å². The van der Waals surface area contributed by atoms with Crippen molar-refractivity contribution in [2.24, 2.45) is 0 Å². The van der Waals surface area contributed by atoms with Gasteiger partial charge in [0.1, 0.15) is 0 Å². The van der Waals surface area contributed by atoms with Crippen molar-refractivity contribution in [1.82, 2.24) is 9.29 Å². The molecule has 1 saturated heterocycles. The lowest BCUT2D eigenvalue weighted by Gasteiger charge is -2.16. The molecule has 162 valence electrons. The summed E-state index contributed by atoms with van der Waals surface area (Å²) in [5, 5.41) is 4.86. The maximum Gasteiger partial charge on any atom is 0.293 e. The number of nitrogens with one attached hydrogen (secondary N) is 1. The number of hydrogen-bond donors (Lipinski definition) is 1. The monoisotopic (exact) mass is 457 g/mol. The van der Waals surface area contributed by atoms with E-state index < -0.39 is 15.9 Å². The topological polar surface area (TPSA) is 92.5 Å². The summed E-state index contributed by atoms with van der Waals surface area (Å²) >= 11 is 1.33. The van der Waals surface area contributed by atoms with E-state index in [9.17, 15) is 13.2 Å². The van der Waals surface area contributed by atoms with Crippen LogP contribution in [0.3, 0.4) is 0 Å². The van der Waals surface area contributed by atoms with Crippen LogP contribution in [0, 0.1) is 0 Å². The number of thiazole rings is 1. The number of anilines is 1. The minimum absolute atomic E-state index is 0.0525. The van der Waals surface area contributed by atoms with E-state index in [0.717, 1.165) is 36.9 Å². The van der Waals surface area contributed by atoms with Crippen molar-refractivity contribution in [2.75, 3.05) is 18.4 Å². The largest absolute Gasteiger partial charge is 0.438 e. The molecule has 2 aliphatic rings. The van der Waals surface area contributed by atoms with Crippen molar-refractivity contribution in [3.63, 3.8) is 0 Å². The summed E-state index contributed by atoms with van der Waals surface area (Å²) in [6.45, 7) is 0.963. The lowest BCUT2D eigenvalue weighted by atomic mass is 9.90. The molecule has 5 rings (SSSR count). The fraction of sp³-hybridized carbons (Fsp3) is 0.364. The molecule has 1 N–H and O–H groups in total. The third-order valence-corrected chi connectivity index (χ3v) is 8.36. The van der Waals surface area contributed by atoms with E-state index in [0.29, 0.717) is 18.2 Å². The van der Waals surface area contributed by atoms with E-state index >= 15 is 0 Å². The first-order valence-electron chi connectivity index (χ1n) is 10.5. The minimum Gasteiger partial charge on any atom is -0.438 e. The second-order valence-electron chi connectivity index (χ2n) is 7.91. The van der Waals surface area contributed by atoms with Gasteiger partial charge in [-0.15, -0.1) is 11.3 Å². The van der Waals surface area contributed by atoms with Crippen molar-refractivity contribution in [3.05, 3.63) is 52.6 Å². The number of furan rings is 1. The van der Waals surface area contributed by atoms with Gasteiger partial charge < -0.3 is 4.42 Å². The molecular formula is C22H23N3O4S2. The number of aryl methyl sites for hydroxylation is 2. The zero-order valence-electron chi connectivity index (χ0n) is 17.0. The van der Waals surface area contributed by atoms with Crippen molar-refractivity contribution < 1.29 is 17.6 Å². The fourth-order valence-electron chi connectivity index (χ4n) is 4.15. The molecule has 1 aromatic carbocycles. The van der Waals surface area contributed by atoms with Crippen LogP contribution in [0.25, 0.3) is 11.3 Å². The van der Waals surface area contributed by atoms with Gasteiger partial charge in [0.05, 0.1) is 5.69 Å². The molecule has 1 amide bonds. The zero-order valence-corrected chi connectivity index (χ0v) is 18.6. The molecule has 3 heterocycles. The predicted octanol–water partition coefficient (Wildman–Crippen LogP) is 4.32. The van der Waals surface area contributed by atoms with Gasteiger partial charge in [0.25, 0.3) is 15.9 Å². The van der Waals surface area contributed by atoms with Crippen LogP contribution in [0.15, 0.2) is 45.2 Å². The number of fused-ring (bicyclic) bond motifs is 1. The molecule has 0 saturated carbocycles. The summed E-state index contributed by atoms with van der Waals surface area (Å²) in [6, 6.07) is 9.16. The maximum absolute atomic E-state index is 12.6. The van der Waals surface area contributed by atoms with Crippen LogP contribution in [0.1, 0.15) is 47.4 Å². The smallest absolute Gasteiger partial charge is 0.293 e.